The lowest BCUT2D eigenvalue weighted by Crippen LogP contribution is -2.46. The van der Waals surface area contributed by atoms with Crippen molar-refractivity contribution < 1.29 is 9.18 Å². The Bertz CT molecular complexity index is 501. The number of hydrogen-bond donors (Lipinski definition) is 2. The minimum Gasteiger partial charge on any atom is -0.367 e. The van der Waals surface area contributed by atoms with Gasteiger partial charge in [-0.05, 0) is 31.2 Å². The van der Waals surface area contributed by atoms with E-state index >= 15 is 0 Å². The fraction of sp³-hybridized carbons (Fsp3) is 0.562. The molecule has 5 nitrogen and oxygen atoms in total. The van der Waals surface area contributed by atoms with E-state index in [2.05, 4.69) is 27.4 Å². The normalized spacial score (nSPS) is 15.7. The molecule has 1 aliphatic rings. The number of nitrogens with zero attached hydrogens (tertiary/aromatic N) is 2. The molecule has 0 spiro atoms. The molecule has 0 atom stereocenters. The lowest BCUT2D eigenvalue weighted by atomic mass is 10.1. The Kier molecular flexibility index (Phi) is 6.00. The molecule has 1 fully saturated rings. The number of nitrogens with one attached hydrogen (secondary N) is 2. The summed E-state index contributed by atoms with van der Waals surface area (Å²) in [7, 11) is 0. The van der Waals surface area contributed by atoms with E-state index in [4.69, 9.17) is 0 Å². The van der Waals surface area contributed by atoms with Crippen molar-refractivity contribution in [1.82, 2.24) is 15.5 Å². The Labute approximate surface area is 131 Å². The van der Waals surface area contributed by atoms with Gasteiger partial charge in [-0.2, -0.15) is 0 Å². The van der Waals surface area contributed by atoms with Crippen LogP contribution in [0.3, 0.4) is 0 Å². The van der Waals surface area contributed by atoms with E-state index in [9.17, 15) is 9.18 Å². The third-order valence-electron chi connectivity index (χ3n) is 3.96. The van der Waals surface area contributed by atoms with E-state index in [0.717, 1.165) is 38.3 Å². The lowest BCUT2D eigenvalue weighted by molar-refractivity contribution is 0.241. The number of piperazine rings is 1. The van der Waals surface area contributed by atoms with Gasteiger partial charge in [-0.15, -0.1) is 0 Å². The van der Waals surface area contributed by atoms with E-state index in [1.54, 1.807) is 0 Å². The van der Waals surface area contributed by atoms with Crippen LogP contribution in [-0.4, -0.2) is 50.2 Å². The maximum atomic E-state index is 14.3. The maximum absolute atomic E-state index is 14.3. The number of hydrogen-bond acceptors (Lipinski definition) is 3. The van der Waals surface area contributed by atoms with Gasteiger partial charge in [0.15, 0.2) is 0 Å². The zero-order chi connectivity index (χ0) is 15.9. The molecule has 1 aromatic carbocycles. The van der Waals surface area contributed by atoms with Gasteiger partial charge in [-0.1, -0.05) is 13.0 Å². The first-order valence-electron chi connectivity index (χ1n) is 7.91. The van der Waals surface area contributed by atoms with Crippen LogP contribution in [0.1, 0.15) is 19.4 Å². The summed E-state index contributed by atoms with van der Waals surface area (Å²) in [5.41, 5.74) is 1.41. The molecule has 2 N–H and O–H groups in total. The standard InChI is InChI=1S/C16H25FN4O/c1-3-18-16(22)19-12-13-5-6-15(14(17)11-13)21-9-7-20(4-2)8-10-21/h5-6,11H,3-4,7-10,12H2,1-2H3,(H2,18,19,22). The third kappa shape index (κ3) is 4.34. The monoisotopic (exact) mass is 308 g/mol. The van der Waals surface area contributed by atoms with Crippen molar-refractivity contribution in [2.45, 2.75) is 20.4 Å². The number of benzene rings is 1. The summed E-state index contributed by atoms with van der Waals surface area (Å²) < 4.78 is 14.3. The summed E-state index contributed by atoms with van der Waals surface area (Å²) in [5, 5.41) is 5.35. The molecule has 1 aliphatic heterocycles. The number of urea groups is 1. The molecule has 2 amide bonds. The van der Waals surface area contributed by atoms with Gasteiger partial charge in [-0.3, -0.25) is 0 Å². The van der Waals surface area contributed by atoms with E-state index in [-0.39, 0.29) is 11.8 Å². The van der Waals surface area contributed by atoms with Gasteiger partial charge in [0.1, 0.15) is 5.82 Å². The second kappa shape index (κ2) is 7.98. The van der Waals surface area contributed by atoms with Crippen LogP contribution in [0.25, 0.3) is 0 Å². The summed E-state index contributed by atoms with van der Waals surface area (Å²) >= 11 is 0. The highest BCUT2D eigenvalue weighted by atomic mass is 19.1. The average molecular weight is 308 g/mol. The fourth-order valence-electron chi connectivity index (χ4n) is 2.63. The van der Waals surface area contributed by atoms with Crippen molar-refractivity contribution in [3.8, 4) is 0 Å². The minimum absolute atomic E-state index is 0.222. The van der Waals surface area contributed by atoms with Gasteiger partial charge in [0.25, 0.3) is 0 Å². The summed E-state index contributed by atoms with van der Waals surface area (Å²) in [6.45, 7) is 9.57. The van der Waals surface area contributed by atoms with Crippen LogP contribution >= 0.6 is 0 Å². The number of rotatable bonds is 5. The average Bonchev–Trinajstić information content (AvgIpc) is 2.53. The summed E-state index contributed by atoms with van der Waals surface area (Å²) in [6, 6.07) is 4.96. The third-order valence-corrected chi connectivity index (χ3v) is 3.96. The number of halogens is 1. The van der Waals surface area contributed by atoms with Crippen molar-refractivity contribution in [3.05, 3.63) is 29.6 Å². The second-order valence-corrected chi connectivity index (χ2v) is 5.42. The highest BCUT2D eigenvalue weighted by molar-refractivity contribution is 5.73. The summed E-state index contributed by atoms with van der Waals surface area (Å²) in [4.78, 5) is 15.8. The van der Waals surface area contributed by atoms with Crippen LogP contribution in [0.2, 0.25) is 0 Å². The zero-order valence-electron chi connectivity index (χ0n) is 13.4. The van der Waals surface area contributed by atoms with Crippen LogP contribution in [0.5, 0.6) is 0 Å². The minimum atomic E-state index is -0.234. The smallest absolute Gasteiger partial charge is 0.315 e. The maximum Gasteiger partial charge on any atom is 0.315 e. The van der Waals surface area contributed by atoms with Crippen molar-refractivity contribution in [3.63, 3.8) is 0 Å². The van der Waals surface area contributed by atoms with Crippen LogP contribution in [0.4, 0.5) is 14.9 Å². The van der Waals surface area contributed by atoms with Crippen LogP contribution < -0.4 is 15.5 Å². The predicted molar refractivity (Wildman–Crippen MR) is 86.6 cm³/mol. The quantitative estimate of drug-likeness (QED) is 0.872. The van der Waals surface area contributed by atoms with Gasteiger partial charge >= 0.3 is 6.03 Å². The number of amides is 2. The van der Waals surface area contributed by atoms with Gasteiger partial charge in [0.05, 0.1) is 5.69 Å². The molecule has 1 heterocycles. The molecule has 0 saturated carbocycles. The Hall–Kier alpha value is -1.82. The molecule has 22 heavy (non-hydrogen) atoms. The SMILES string of the molecule is CCNC(=O)NCc1ccc(N2CCN(CC)CC2)c(F)c1. The largest absolute Gasteiger partial charge is 0.367 e. The predicted octanol–water partition coefficient (Wildman–Crippen LogP) is 1.79. The zero-order valence-corrected chi connectivity index (χ0v) is 13.4. The summed E-state index contributed by atoms with van der Waals surface area (Å²) in [6.07, 6.45) is 0. The molecule has 6 heteroatoms. The van der Waals surface area contributed by atoms with Crippen LogP contribution in [0, 0.1) is 5.82 Å². The Morgan fingerprint density at radius 2 is 1.91 bits per heavy atom. The molecule has 122 valence electrons. The molecule has 0 radical (unpaired) electrons. The Morgan fingerprint density at radius 3 is 2.50 bits per heavy atom. The Morgan fingerprint density at radius 1 is 1.18 bits per heavy atom. The molecular weight excluding hydrogens is 283 g/mol. The van der Waals surface area contributed by atoms with E-state index < -0.39 is 0 Å². The number of carbonyl (C=O) groups is 1. The highest BCUT2D eigenvalue weighted by Crippen LogP contribution is 2.22. The van der Waals surface area contributed by atoms with Crippen molar-refractivity contribution >= 4 is 11.7 Å². The molecule has 0 aliphatic carbocycles. The molecular formula is C16H25FN4O. The molecule has 0 aromatic heterocycles. The van der Waals surface area contributed by atoms with Crippen molar-refractivity contribution in [1.29, 1.82) is 0 Å². The first-order valence-corrected chi connectivity index (χ1v) is 7.91. The first-order chi connectivity index (χ1) is 10.6. The van der Waals surface area contributed by atoms with E-state index in [1.165, 1.54) is 6.07 Å². The lowest BCUT2D eigenvalue weighted by Gasteiger charge is -2.35. The Balaban J connectivity index is 1.93. The number of anilines is 1. The number of likely N-dealkylation sites (N-methyl/N-ethyl adjacent to an activating group) is 1. The fourth-order valence-corrected chi connectivity index (χ4v) is 2.63. The second-order valence-electron chi connectivity index (χ2n) is 5.42. The molecule has 1 aromatic rings. The molecule has 0 unspecified atom stereocenters. The first kappa shape index (κ1) is 16.5. The van der Waals surface area contributed by atoms with Crippen LogP contribution in [0.15, 0.2) is 18.2 Å². The van der Waals surface area contributed by atoms with Crippen molar-refractivity contribution in [2.24, 2.45) is 0 Å². The molecule has 1 saturated heterocycles. The van der Waals surface area contributed by atoms with Crippen LogP contribution in [-0.2, 0) is 6.54 Å². The van der Waals surface area contributed by atoms with Gasteiger partial charge in [0.2, 0.25) is 0 Å². The van der Waals surface area contributed by atoms with Crippen molar-refractivity contribution in [2.75, 3.05) is 44.2 Å². The number of carbonyl (C=O) groups excluding carboxylic acids is 1. The van der Waals surface area contributed by atoms with E-state index in [1.807, 2.05) is 19.1 Å². The highest BCUT2D eigenvalue weighted by Gasteiger charge is 2.18. The molecule has 2 rings (SSSR count). The topological polar surface area (TPSA) is 47.6 Å². The van der Waals surface area contributed by atoms with E-state index in [0.29, 0.717) is 18.8 Å². The molecule has 0 bridgehead atoms. The van der Waals surface area contributed by atoms with Gasteiger partial charge in [0, 0.05) is 39.3 Å². The van der Waals surface area contributed by atoms with Gasteiger partial charge < -0.3 is 20.4 Å². The summed E-state index contributed by atoms with van der Waals surface area (Å²) in [5.74, 6) is -0.222. The van der Waals surface area contributed by atoms with Gasteiger partial charge in [-0.25, -0.2) is 9.18 Å².